The van der Waals surface area contributed by atoms with Crippen LogP contribution in [0.1, 0.15) is 20.3 Å². The number of nitrogens with one attached hydrogen (secondary N) is 1. The molecule has 0 aromatic carbocycles. The summed E-state index contributed by atoms with van der Waals surface area (Å²) >= 11 is 0. The van der Waals surface area contributed by atoms with Gasteiger partial charge in [-0.3, -0.25) is 0 Å². The van der Waals surface area contributed by atoms with E-state index in [1.54, 1.807) is 0 Å². The maximum Gasteiger partial charge on any atom is -0.000868 e. The highest BCUT2D eigenvalue weighted by Crippen LogP contribution is 1.95. The van der Waals surface area contributed by atoms with E-state index >= 15 is 0 Å². The highest BCUT2D eigenvalue weighted by molar-refractivity contribution is 4.59. The number of nitrogens with two attached hydrogens (primary N) is 1. The van der Waals surface area contributed by atoms with Crippen LogP contribution >= 0.6 is 0 Å². The summed E-state index contributed by atoms with van der Waals surface area (Å²) in [4.78, 5) is 0. The average molecular weight is 130 g/mol. The molecule has 2 nitrogen and oxygen atoms in total. The Labute approximate surface area is 57.8 Å². The SMILES string of the molecule is CCNCC(CC)CN. The Morgan fingerprint density at radius 2 is 2.11 bits per heavy atom. The molecule has 9 heavy (non-hydrogen) atoms. The Balaban J connectivity index is 3.09. The minimum absolute atomic E-state index is 0.671. The van der Waals surface area contributed by atoms with Crippen LogP contribution in [-0.2, 0) is 0 Å². The lowest BCUT2D eigenvalue weighted by atomic mass is 10.1. The molecule has 0 amide bonds. The van der Waals surface area contributed by atoms with Gasteiger partial charge in [0.15, 0.2) is 0 Å². The molecule has 0 aromatic rings. The summed E-state index contributed by atoms with van der Waals surface area (Å²) in [6, 6.07) is 0. The van der Waals surface area contributed by atoms with Gasteiger partial charge < -0.3 is 11.1 Å². The monoisotopic (exact) mass is 130 g/mol. The van der Waals surface area contributed by atoms with E-state index in [0.29, 0.717) is 5.92 Å². The Hall–Kier alpha value is -0.0800. The first kappa shape index (κ1) is 8.92. The van der Waals surface area contributed by atoms with Crippen molar-refractivity contribution in [2.24, 2.45) is 11.7 Å². The van der Waals surface area contributed by atoms with Crippen LogP contribution in [0.3, 0.4) is 0 Å². The van der Waals surface area contributed by atoms with E-state index in [-0.39, 0.29) is 0 Å². The van der Waals surface area contributed by atoms with Crippen LogP contribution in [0.5, 0.6) is 0 Å². The van der Waals surface area contributed by atoms with Crippen molar-refractivity contribution in [3.63, 3.8) is 0 Å². The van der Waals surface area contributed by atoms with Gasteiger partial charge >= 0.3 is 0 Å². The molecule has 0 aliphatic rings. The fourth-order valence-corrected chi connectivity index (χ4v) is 0.743. The molecule has 0 aromatic heterocycles. The van der Waals surface area contributed by atoms with Crippen LogP contribution in [0, 0.1) is 5.92 Å². The van der Waals surface area contributed by atoms with E-state index < -0.39 is 0 Å². The fourth-order valence-electron chi connectivity index (χ4n) is 0.743. The Bertz CT molecular complexity index is 50.9. The predicted octanol–water partition coefficient (Wildman–Crippen LogP) is 0.581. The van der Waals surface area contributed by atoms with E-state index in [2.05, 4.69) is 19.2 Å². The minimum atomic E-state index is 0.671. The molecule has 0 rings (SSSR count). The molecule has 3 N–H and O–H groups in total. The molecule has 1 atom stereocenters. The Kier molecular flexibility index (Phi) is 5.99. The minimum Gasteiger partial charge on any atom is -0.330 e. The second kappa shape index (κ2) is 6.05. The lowest BCUT2D eigenvalue weighted by molar-refractivity contribution is 0.479. The quantitative estimate of drug-likeness (QED) is 0.571. The normalized spacial score (nSPS) is 13.7. The van der Waals surface area contributed by atoms with Crippen LogP contribution < -0.4 is 11.1 Å². The molecule has 2 heteroatoms. The molecule has 0 radical (unpaired) electrons. The first-order valence-corrected chi connectivity index (χ1v) is 3.75. The molecular formula is C7H18N2. The molecule has 0 saturated heterocycles. The topological polar surface area (TPSA) is 38.0 Å². The van der Waals surface area contributed by atoms with Crippen molar-refractivity contribution >= 4 is 0 Å². The lowest BCUT2D eigenvalue weighted by Crippen LogP contribution is -2.27. The van der Waals surface area contributed by atoms with Crippen LogP contribution in [0.2, 0.25) is 0 Å². The van der Waals surface area contributed by atoms with Crippen LogP contribution in [0.15, 0.2) is 0 Å². The van der Waals surface area contributed by atoms with E-state index in [1.807, 2.05) is 0 Å². The van der Waals surface area contributed by atoms with Crippen molar-refractivity contribution in [3.8, 4) is 0 Å². The number of rotatable bonds is 5. The summed E-state index contributed by atoms with van der Waals surface area (Å²) in [6.07, 6.45) is 1.18. The molecule has 0 aliphatic heterocycles. The third kappa shape index (κ3) is 4.43. The van der Waals surface area contributed by atoms with Gasteiger partial charge in [-0.05, 0) is 25.6 Å². The van der Waals surface area contributed by atoms with Gasteiger partial charge in [-0.25, -0.2) is 0 Å². The number of hydrogen-bond acceptors (Lipinski definition) is 2. The van der Waals surface area contributed by atoms with Crippen molar-refractivity contribution in [2.75, 3.05) is 19.6 Å². The van der Waals surface area contributed by atoms with Gasteiger partial charge in [0, 0.05) is 0 Å². The standard InChI is InChI=1S/C7H18N2/c1-3-7(5-8)6-9-4-2/h7,9H,3-6,8H2,1-2H3. The highest BCUT2D eigenvalue weighted by Gasteiger charge is 1.99. The summed E-state index contributed by atoms with van der Waals surface area (Å²) in [7, 11) is 0. The molecule has 0 spiro atoms. The van der Waals surface area contributed by atoms with Crippen LogP contribution in [-0.4, -0.2) is 19.6 Å². The molecule has 0 aliphatic carbocycles. The van der Waals surface area contributed by atoms with Gasteiger partial charge in [0.1, 0.15) is 0 Å². The summed E-state index contributed by atoms with van der Waals surface area (Å²) < 4.78 is 0. The van der Waals surface area contributed by atoms with Crippen LogP contribution in [0.25, 0.3) is 0 Å². The zero-order chi connectivity index (χ0) is 7.11. The highest BCUT2D eigenvalue weighted by atomic mass is 14.8. The average Bonchev–Trinajstić information content (AvgIpc) is 1.91. The van der Waals surface area contributed by atoms with Crippen molar-refractivity contribution in [2.45, 2.75) is 20.3 Å². The largest absolute Gasteiger partial charge is 0.330 e. The van der Waals surface area contributed by atoms with Gasteiger partial charge in [0.2, 0.25) is 0 Å². The third-order valence-electron chi connectivity index (χ3n) is 1.59. The maximum atomic E-state index is 5.48. The van der Waals surface area contributed by atoms with Crippen molar-refractivity contribution < 1.29 is 0 Å². The van der Waals surface area contributed by atoms with E-state index in [1.165, 1.54) is 6.42 Å². The first-order valence-electron chi connectivity index (χ1n) is 3.75. The zero-order valence-corrected chi connectivity index (χ0v) is 6.48. The van der Waals surface area contributed by atoms with E-state index in [0.717, 1.165) is 19.6 Å². The lowest BCUT2D eigenvalue weighted by Gasteiger charge is -2.10. The van der Waals surface area contributed by atoms with E-state index in [9.17, 15) is 0 Å². The number of hydrogen-bond donors (Lipinski definition) is 2. The van der Waals surface area contributed by atoms with Gasteiger partial charge in [-0.1, -0.05) is 20.3 Å². The smallest absolute Gasteiger partial charge is 0.000868 e. The molecule has 0 bridgehead atoms. The maximum absolute atomic E-state index is 5.48. The van der Waals surface area contributed by atoms with Gasteiger partial charge in [0.05, 0.1) is 0 Å². The molecule has 56 valence electrons. The van der Waals surface area contributed by atoms with Gasteiger partial charge in [-0.15, -0.1) is 0 Å². The first-order chi connectivity index (χ1) is 4.35. The zero-order valence-electron chi connectivity index (χ0n) is 6.48. The van der Waals surface area contributed by atoms with Gasteiger partial charge in [-0.2, -0.15) is 0 Å². The summed E-state index contributed by atoms with van der Waals surface area (Å²) in [5, 5.41) is 3.27. The van der Waals surface area contributed by atoms with Crippen molar-refractivity contribution in [3.05, 3.63) is 0 Å². The third-order valence-corrected chi connectivity index (χ3v) is 1.59. The predicted molar refractivity (Wildman–Crippen MR) is 41.4 cm³/mol. The fraction of sp³-hybridized carbons (Fsp3) is 1.00. The van der Waals surface area contributed by atoms with Crippen molar-refractivity contribution in [1.82, 2.24) is 5.32 Å². The summed E-state index contributed by atoms with van der Waals surface area (Å²) in [5.74, 6) is 0.671. The summed E-state index contributed by atoms with van der Waals surface area (Å²) in [5.41, 5.74) is 5.48. The molecule has 0 heterocycles. The van der Waals surface area contributed by atoms with Gasteiger partial charge in [0.25, 0.3) is 0 Å². The second-order valence-electron chi connectivity index (χ2n) is 2.32. The summed E-state index contributed by atoms with van der Waals surface area (Å²) in [6.45, 7) is 7.22. The Morgan fingerprint density at radius 1 is 1.44 bits per heavy atom. The molecule has 0 saturated carbocycles. The van der Waals surface area contributed by atoms with E-state index in [4.69, 9.17) is 5.73 Å². The second-order valence-corrected chi connectivity index (χ2v) is 2.32. The molecule has 1 unspecified atom stereocenters. The van der Waals surface area contributed by atoms with Crippen LogP contribution in [0.4, 0.5) is 0 Å². The molecular weight excluding hydrogens is 112 g/mol. The molecule has 0 fully saturated rings. The Morgan fingerprint density at radius 3 is 2.44 bits per heavy atom. The van der Waals surface area contributed by atoms with Crippen molar-refractivity contribution in [1.29, 1.82) is 0 Å².